The van der Waals surface area contributed by atoms with Gasteiger partial charge in [0.25, 0.3) is 0 Å². The Hall–Kier alpha value is -3.52. The van der Waals surface area contributed by atoms with Crippen LogP contribution in [0.25, 0.3) is 0 Å². The van der Waals surface area contributed by atoms with Gasteiger partial charge < -0.3 is 15.1 Å². The van der Waals surface area contributed by atoms with Gasteiger partial charge in [-0.3, -0.25) is 4.79 Å². The maximum atomic E-state index is 14.0. The molecule has 0 unspecified atom stereocenters. The normalized spacial score (nSPS) is 10.5. The lowest BCUT2D eigenvalue weighted by Crippen LogP contribution is -2.44. The third-order valence-corrected chi connectivity index (χ3v) is 6.03. The number of amides is 3. The molecule has 0 spiro atoms. The topological polar surface area (TPSA) is 52.7 Å². The predicted octanol–water partition coefficient (Wildman–Crippen LogP) is 5.58. The molecule has 3 rings (SSSR count). The summed E-state index contributed by atoms with van der Waals surface area (Å²) < 4.78 is 27.3. The molecule has 1 aromatic heterocycles. The summed E-state index contributed by atoms with van der Waals surface area (Å²) in [7, 11) is 0. The number of nitrogens with one attached hydrogen (secondary N) is 1. The minimum atomic E-state index is -0.609. The Kier molecular flexibility index (Phi) is 8.32. The van der Waals surface area contributed by atoms with E-state index in [4.69, 9.17) is 0 Å². The molecule has 8 heteroatoms. The van der Waals surface area contributed by atoms with Crippen molar-refractivity contribution >= 4 is 29.0 Å². The van der Waals surface area contributed by atoms with Gasteiger partial charge in [0, 0.05) is 18.0 Å². The Morgan fingerprint density at radius 1 is 1.03 bits per heavy atom. The highest BCUT2D eigenvalue weighted by Crippen LogP contribution is 2.20. The Morgan fingerprint density at radius 3 is 2.39 bits per heavy atom. The monoisotopic (exact) mass is 469 g/mol. The van der Waals surface area contributed by atoms with Crippen molar-refractivity contribution in [3.8, 4) is 0 Å². The molecule has 1 N–H and O–H groups in total. The van der Waals surface area contributed by atoms with E-state index in [0.29, 0.717) is 6.54 Å². The lowest BCUT2D eigenvalue weighted by molar-refractivity contribution is -0.132. The van der Waals surface area contributed by atoms with E-state index < -0.39 is 11.8 Å². The van der Waals surface area contributed by atoms with Crippen molar-refractivity contribution in [1.29, 1.82) is 0 Å². The number of anilines is 1. The second kappa shape index (κ2) is 11.4. The van der Waals surface area contributed by atoms with E-state index in [0.717, 1.165) is 16.0 Å². The third kappa shape index (κ3) is 6.73. The number of hydrogen-bond donors (Lipinski definition) is 1. The molecule has 3 amide bonds. The van der Waals surface area contributed by atoms with Crippen molar-refractivity contribution in [3.63, 3.8) is 0 Å². The molecule has 0 aliphatic carbocycles. The van der Waals surface area contributed by atoms with Crippen molar-refractivity contribution < 1.29 is 18.4 Å². The lowest BCUT2D eigenvalue weighted by Gasteiger charge is -2.27. The number of thiophene rings is 1. The summed E-state index contributed by atoms with van der Waals surface area (Å²) in [6, 6.07) is 13.1. The number of aryl methyl sites for hydroxylation is 1. The number of para-hydroxylation sites is 1. The highest BCUT2D eigenvalue weighted by atomic mass is 32.1. The molecule has 172 valence electrons. The van der Waals surface area contributed by atoms with Crippen LogP contribution in [-0.2, 0) is 17.9 Å². The first-order valence-corrected chi connectivity index (χ1v) is 11.2. The zero-order valence-electron chi connectivity index (χ0n) is 18.3. The van der Waals surface area contributed by atoms with Crippen molar-refractivity contribution in [2.45, 2.75) is 20.0 Å². The first kappa shape index (κ1) is 24.1. The van der Waals surface area contributed by atoms with Crippen LogP contribution >= 0.6 is 11.3 Å². The molecule has 33 heavy (non-hydrogen) atoms. The third-order valence-electron chi connectivity index (χ3n) is 5.02. The van der Waals surface area contributed by atoms with Crippen molar-refractivity contribution in [2.75, 3.05) is 18.4 Å². The molecule has 0 atom stereocenters. The van der Waals surface area contributed by atoms with Crippen LogP contribution in [0.4, 0.5) is 19.3 Å². The molecule has 1 heterocycles. The van der Waals surface area contributed by atoms with E-state index in [1.54, 1.807) is 34.4 Å². The van der Waals surface area contributed by atoms with E-state index in [1.807, 2.05) is 18.4 Å². The summed E-state index contributed by atoms with van der Waals surface area (Å²) in [6.45, 7) is 6.12. The van der Waals surface area contributed by atoms with Crippen LogP contribution in [0.15, 0.2) is 72.6 Å². The zero-order valence-corrected chi connectivity index (χ0v) is 19.1. The fourth-order valence-corrected chi connectivity index (χ4v) is 4.10. The number of hydrogen-bond acceptors (Lipinski definition) is 3. The van der Waals surface area contributed by atoms with Gasteiger partial charge in [-0.2, -0.15) is 0 Å². The fraction of sp³-hybridized carbons (Fsp3) is 0.200. The van der Waals surface area contributed by atoms with E-state index in [2.05, 4.69) is 11.9 Å². The van der Waals surface area contributed by atoms with Crippen LogP contribution in [0.2, 0.25) is 0 Å². The van der Waals surface area contributed by atoms with Gasteiger partial charge in [-0.05, 0) is 53.8 Å². The van der Waals surface area contributed by atoms with Gasteiger partial charge >= 0.3 is 6.03 Å². The van der Waals surface area contributed by atoms with Gasteiger partial charge in [-0.25, -0.2) is 13.6 Å². The number of benzene rings is 2. The van der Waals surface area contributed by atoms with Crippen molar-refractivity contribution in [1.82, 2.24) is 9.80 Å². The minimum Gasteiger partial charge on any atom is -0.332 e. The van der Waals surface area contributed by atoms with Crippen molar-refractivity contribution in [2.24, 2.45) is 0 Å². The number of carbonyl (C=O) groups excluding carboxylic acids is 2. The van der Waals surface area contributed by atoms with Gasteiger partial charge in [0.2, 0.25) is 5.91 Å². The summed E-state index contributed by atoms with van der Waals surface area (Å²) in [5.74, 6) is -1.22. The molecule has 0 aliphatic rings. The number of halogens is 2. The van der Waals surface area contributed by atoms with Crippen LogP contribution in [-0.4, -0.2) is 34.8 Å². The highest BCUT2D eigenvalue weighted by Gasteiger charge is 2.22. The van der Waals surface area contributed by atoms with Gasteiger partial charge in [0.15, 0.2) is 0 Å². The molecule has 3 aromatic rings. The van der Waals surface area contributed by atoms with E-state index >= 15 is 0 Å². The maximum Gasteiger partial charge on any atom is 0.322 e. The maximum absolute atomic E-state index is 14.0. The molecule has 2 aromatic carbocycles. The highest BCUT2D eigenvalue weighted by molar-refractivity contribution is 7.10. The summed E-state index contributed by atoms with van der Waals surface area (Å²) in [4.78, 5) is 30.0. The van der Waals surface area contributed by atoms with E-state index in [1.165, 1.54) is 41.3 Å². The Labute approximate surface area is 196 Å². The summed E-state index contributed by atoms with van der Waals surface area (Å²) in [5, 5.41) is 4.46. The van der Waals surface area contributed by atoms with Crippen LogP contribution in [0, 0.1) is 18.6 Å². The van der Waals surface area contributed by atoms with Crippen molar-refractivity contribution in [3.05, 3.63) is 100 Å². The summed E-state index contributed by atoms with van der Waals surface area (Å²) >= 11 is 1.54. The van der Waals surface area contributed by atoms with Gasteiger partial charge in [-0.1, -0.05) is 30.3 Å². The second-order valence-electron chi connectivity index (χ2n) is 7.48. The molecule has 0 fully saturated rings. The molecule has 0 saturated heterocycles. The van der Waals surface area contributed by atoms with Crippen LogP contribution < -0.4 is 5.32 Å². The van der Waals surface area contributed by atoms with Crippen LogP contribution in [0.5, 0.6) is 0 Å². The Balaban J connectivity index is 1.77. The lowest BCUT2D eigenvalue weighted by atomic mass is 10.2. The standard InChI is InChI=1S/C25H25F2N3O2S/c1-3-13-29(25(32)28-22-7-5-4-6-21(22)27)17-24(31)30(16-23-18(2)12-14-33-23)15-19-8-10-20(26)11-9-19/h3-12,14H,1,13,15-17H2,2H3,(H,28,32). The average Bonchev–Trinajstić information content (AvgIpc) is 3.20. The Morgan fingerprint density at radius 2 is 1.76 bits per heavy atom. The zero-order chi connectivity index (χ0) is 23.8. The summed E-state index contributed by atoms with van der Waals surface area (Å²) in [5.41, 5.74) is 1.86. The average molecular weight is 470 g/mol. The first-order valence-electron chi connectivity index (χ1n) is 10.3. The largest absolute Gasteiger partial charge is 0.332 e. The quantitative estimate of drug-likeness (QED) is 0.416. The minimum absolute atomic E-state index is 0.0291. The predicted molar refractivity (Wildman–Crippen MR) is 127 cm³/mol. The van der Waals surface area contributed by atoms with E-state index in [-0.39, 0.29) is 37.0 Å². The number of carbonyl (C=O) groups is 2. The fourth-order valence-electron chi connectivity index (χ4n) is 3.18. The molecule has 0 aliphatic heterocycles. The van der Waals surface area contributed by atoms with Crippen LogP contribution in [0.1, 0.15) is 16.0 Å². The Bertz CT molecular complexity index is 1110. The number of nitrogens with zero attached hydrogens (tertiary/aromatic N) is 2. The second-order valence-corrected chi connectivity index (χ2v) is 8.48. The van der Waals surface area contributed by atoms with Gasteiger partial charge in [0.05, 0.1) is 12.2 Å². The van der Waals surface area contributed by atoms with E-state index in [9.17, 15) is 18.4 Å². The smallest absolute Gasteiger partial charge is 0.322 e. The molecular weight excluding hydrogens is 444 g/mol. The molecule has 0 radical (unpaired) electrons. The van der Waals surface area contributed by atoms with Crippen LogP contribution in [0.3, 0.4) is 0 Å². The number of rotatable bonds is 9. The molecule has 0 saturated carbocycles. The first-order chi connectivity index (χ1) is 15.9. The molecule has 0 bridgehead atoms. The molecular formula is C25H25F2N3O2S. The van der Waals surface area contributed by atoms with Gasteiger partial charge in [0.1, 0.15) is 18.2 Å². The number of urea groups is 1. The summed E-state index contributed by atoms with van der Waals surface area (Å²) in [6.07, 6.45) is 1.50. The SMILES string of the molecule is C=CCN(CC(=O)N(Cc1ccc(F)cc1)Cc1sccc1C)C(=O)Nc1ccccc1F. The van der Waals surface area contributed by atoms with Gasteiger partial charge in [-0.15, -0.1) is 17.9 Å². The molecule has 5 nitrogen and oxygen atoms in total.